The van der Waals surface area contributed by atoms with Crippen LogP contribution in [0, 0.1) is 13.8 Å². The minimum Gasteiger partial charge on any atom is -0.507 e. The number of aliphatic hydroxyl groups excluding tert-OH is 1. The van der Waals surface area contributed by atoms with Crippen molar-refractivity contribution in [2.75, 3.05) is 19.1 Å². The minimum atomic E-state index is -0.816. The van der Waals surface area contributed by atoms with Gasteiger partial charge in [-0.2, -0.15) is 0 Å². The number of anilines is 1. The van der Waals surface area contributed by atoms with E-state index in [1.54, 1.807) is 36.4 Å². The molecule has 0 aliphatic carbocycles. The molecule has 0 aromatic heterocycles. The van der Waals surface area contributed by atoms with Gasteiger partial charge >= 0.3 is 0 Å². The number of benzene rings is 3. The molecule has 3 aromatic carbocycles. The number of methoxy groups -OCH3 is 2. The molecule has 1 aliphatic heterocycles. The molecule has 0 bridgehead atoms. The van der Waals surface area contributed by atoms with Gasteiger partial charge in [-0.3, -0.25) is 14.5 Å². The van der Waals surface area contributed by atoms with Crippen molar-refractivity contribution >= 4 is 23.1 Å². The number of ether oxygens (including phenoxy) is 2. The molecule has 3 aromatic rings. The first-order valence-corrected chi connectivity index (χ1v) is 10.5. The van der Waals surface area contributed by atoms with Gasteiger partial charge < -0.3 is 14.6 Å². The Balaban J connectivity index is 2.01. The Morgan fingerprint density at radius 3 is 2.36 bits per heavy atom. The van der Waals surface area contributed by atoms with Gasteiger partial charge in [0.2, 0.25) is 0 Å². The normalized spacial score (nSPS) is 17.3. The lowest BCUT2D eigenvalue weighted by atomic mass is 9.92. The number of amides is 1. The zero-order valence-electron chi connectivity index (χ0n) is 19.0. The number of carbonyl (C=O) groups is 2. The predicted octanol–water partition coefficient (Wildman–Crippen LogP) is 4.95. The first-order valence-electron chi connectivity index (χ1n) is 10.5. The maximum absolute atomic E-state index is 13.4. The van der Waals surface area contributed by atoms with Crippen LogP contribution in [0.1, 0.15) is 28.3 Å². The number of ketones is 1. The molecule has 1 aliphatic rings. The molecule has 1 atom stereocenters. The number of aryl methyl sites for hydroxylation is 2. The molecule has 0 saturated carbocycles. The van der Waals surface area contributed by atoms with Gasteiger partial charge in [0, 0.05) is 11.8 Å². The van der Waals surface area contributed by atoms with E-state index in [1.165, 1.54) is 19.1 Å². The van der Waals surface area contributed by atoms with Crippen LogP contribution in [0.15, 0.2) is 72.3 Å². The van der Waals surface area contributed by atoms with Crippen LogP contribution in [0.25, 0.3) is 5.76 Å². The van der Waals surface area contributed by atoms with Crippen LogP contribution in [0.5, 0.6) is 11.5 Å². The second kappa shape index (κ2) is 8.82. The number of aliphatic hydroxyl groups is 1. The molecule has 0 radical (unpaired) electrons. The van der Waals surface area contributed by atoms with Gasteiger partial charge in [-0.05, 0) is 49.2 Å². The zero-order chi connectivity index (χ0) is 23.7. The summed E-state index contributed by atoms with van der Waals surface area (Å²) in [6.45, 7) is 3.79. The van der Waals surface area contributed by atoms with E-state index in [9.17, 15) is 14.7 Å². The van der Waals surface area contributed by atoms with Gasteiger partial charge in [0.05, 0.1) is 31.4 Å². The zero-order valence-corrected chi connectivity index (χ0v) is 19.0. The number of hydrogen-bond acceptors (Lipinski definition) is 5. The highest BCUT2D eigenvalue weighted by Crippen LogP contribution is 2.44. The van der Waals surface area contributed by atoms with E-state index in [4.69, 9.17) is 9.47 Å². The lowest BCUT2D eigenvalue weighted by Gasteiger charge is -2.27. The molecule has 1 unspecified atom stereocenters. The van der Waals surface area contributed by atoms with Gasteiger partial charge in [-0.1, -0.05) is 42.0 Å². The maximum atomic E-state index is 13.4. The maximum Gasteiger partial charge on any atom is 0.300 e. The van der Waals surface area contributed by atoms with Crippen LogP contribution in [0.3, 0.4) is 0 Å². The molecule has 33 heavy (non-hydrogen) atoms. The van der Waals surface area contributed by atoms with Crippen LogP contribution in [-0.2, 0) is 9.59 Å². The van der Waals surface area contributed by atoms with Crippen LogP contribution in [0.4, 0.5) is 5.69 Å². The summed E-state index contributed by atoms with van der Waals surface area (Å²) in [6, 6.07) is 19.0. The van der Waals surface area contributed by atoms with E-state index >= 15 is 0 Å². The van der Waals surface area contributed by atoms with E-state index in [0.717, 1.165) is 16.7 Å². The summed E-state index contributed by atoms with van der Waals surface area (Å²) in [5.74, 6) is -0.781. The van der Waals surface area contributed by atoms with Crippen LogP contribution in [0.2, 0.25) is 0 Å². The quantitative estimate of drug-likeness (QED) is 0.343. The van der Waals surface area contributed by atoms with Crippen molar-refractivity contribution in [3.05, 3.63) is 94.6 Å². The topological polar surface area (TPSA) is 76.1 Å². The number of Topliss-reactive ketones (excluding diaryl/α,β-unsaturated/α-hetero) is 1. The number of hydrogen-bond donors (Lipinski definition) is 1. The Hall–Kier alpha value is -4.06. The van der Waals surface area contributed by atoms with Gasteiger partial charge in [-0.25, -0.2) is 0 Å². The van der Waals surface area contributed by atoms with Crippen molar-refractivity contribution in [3.63, 3.8) is 0 Å². The van der Waals surface area contributed by atoms with Crippen molar-refractivity contribution in [3.8, 4) is 11.5 Å². The average Bonchev–Trinajstić information content (AvgIpc) is 3.09. The van der Waals surface area contributed by atoms with Crippen LogP contribution in [-0.4, -0.2) is 31.0 Å². The molecule has 6 nitrogen and oxygen atoms in total. The summed E-state index contributed by atoms with van der Waals surface area (Å²) >= 11 is 0. The average molecular weight is 443 g/mol. The third-order valence-electron chi connectivity index (χ3n) is 5.87. The highest BCUT2D eigenvalue weighted by Gasteiger charge is 2.47. The highest BCUT2D eigenvalue weighted by molar-refractivity contribution is 6.51. The highest BCUT2D eigenvalue weighted by atomic mass is 16.5. The fraction of sp³-hybridized carbons (Fsp3) is 0.185. The Morgan fingerprint density at radius 1 is 0.909 bits per heavy atom. The third kappa shape index (κ3) is 3.84. The predicted molar refractivity (Wildman–Crippen MR) is 127 cm³/mol. The smallest absolute Gasteiger partial charge is 0.300 e. The van der Waals surface area contributed by atoms with Gasteiger partial charge in [0.1, 0.15) is 17.3 Å². The third-order valence-corrected chi connectivity index (χ3v) is 5.87. The van der Waals surface area contributed by atoms with Crippen molar-refractivity contribution in [1.82, 2.24) is 0 Å². The van der Waals surface area contributed by atoms with Crippen molar-refractivity contribution in [1.29, 1.82) is 0 Å². The standard InChI is InChI=1S/C27H25NO5/c1-16-12-13-22(33-4)21(14-16)25(29)23-24(20-11-6-5-8-17(20)2)28(27(31)26(23)30)18-9-7-10-19(15-18)32-3/h5-15,24,29H,1-4H3/b25-23+. The first kappa shape index (κ1) is 22.1. The van der Waals surface area contributed by atoms with Gasteiger partial charge in [0.15, 0.2) is 0 Å². The SMILES string of the molecule is COc1cccc(N2C(=O)C(=O)/C(=C(/O)c3cc(C)ccc3OC)C2c2ccccc2C)c1. The van der Waals surface area contributed by atoms with E-state index in [0.29, 0.717) is 22.7 Å². The molecule has 168 valence electrons. The summed E-state index contributed by atoms with van der Waals surface area (Å²) in [7, 11) is 3.03. The lowest BCUT2D eigenvalue weighted by molar-refractivity contribution is -0.132. The van der Waals surface area contributed by atoms with E-state index in [2.05, 4.69) is 0 Å². The Kier molecular flexibility index (Phi) is 5.92. The molecule has 0 spiro atoms. The number of rotatable bonds is 5. The van der Waals surface area contributed by atoms with Crippen molar-refractivity contribution in [2.45, 2.75) is 19.9 Å². The van der Waals surface area contributed by atoms with Gasteiger partial charge in [-0.15, -0.1) is 0 Å². The molecule has 1 saturated heterocycles. The number of carbonyl (C=O) groups excluding carboxylic acids is 2. The molecule has 4 rings (SSSR count). The van der Waals surface area contributed by atoms with E-state index in [-0.39, 0.29) is 11.3 Å². The fourth-order valence-corrected chi connectivity index (χ4v) is 4.20. The molecule has 6 heteroatoms. The lowest BCUT2D eigenvalue weighted by Crippen LogP contribution is -2.29. The minimum absolute atomic E-state index is 0.0148. The van der Waals surface area contributed by atoms with Crippen LogP contribution < -0.4 is 14.4 Å². The molecule has 1 heterocycles. The van der Waals surface area contributed by atoms with Gasteiger partial charge in [0.25, 0.3) is 11.7 Å². The Labute approximate surface area is 192 Å². The molecule has 1 amide bonds. The molecular weight excluding hydrogens is 418 g/mol. The molecule has 1 fully saturated rings. The van der Waals surface area contributed by atoms with E-state index < -0.39 is 17.7 Å². The Morgan fingerprint density at radius 2 is 1.67 bits per heavy atom. The summed E-state index contributed by atoms with van der Waals surface area (Å²) in [6.07, 6.45) is 0. The van der Waals surface area contributed by atoms with Crippen molar-refractivity contribution in [2.24, 2.45) is 0 Å². The summed E-state index contributed by atoms with van der Waals surface area (Å²) in [5.41, 5.74) is 3.39. The van der Waals surface area contributed by atoms with Crippen LogP contribution >= 0.6 is 0 Å². The fourth-order valence-electron chi connectivity index (χ4n) is 4.20. The molecular formula is C27H25NO5. The first-order chi connectivity index (χ1) is 15.9. The monoisotopic (exact) mass is 443 g/mol. The second-order valence-corrected chi connectivity index (χ2v) is 7.93. The number of nitrogens with zero attached hydrogens (tertiary/aromatic N) is 1. The summed E-state index contributed by atoms with van der Waals surface area (Å²) in [5, 5.41) is 11.4. The van der Waals surface area contributed by atoms with Crippen molar-refractivity contribution < 1.29 is 24.2 Å². The van der Waals surface area contributed by atoms with E-state index in [1.807, 2.05) is 44.2 Å². The molecule has 1 N–H and O–H groups in total. The Bertz CT molecular complexity index is 1280. The largest absolute Gasteiger partial charge is 0.507 e. The second-order valence-electron chi connectivity index (χ2n) is 7.93. The summed E-state index contributed by atoms with van der Waals surface area (Å²) in [4.78, 5) is 28.1. The summed E-state index contributed by atoms with van der Waals surface area (Å²) < 4.78 is 10.8.